The monoisotopic (exact) mass is 758 g/mol. The summed E-state index contributed by atoms with van der Waals surface area (Å²) in [6, 6.07) is 55.2. The molecule has 0 saturated heterocycles. The third kappa shape index (κ3) is 4.71. The van der Waals surface area contributed by atoms with Crippen molar-refractivity contribution < 1.29 is 9.15 Å². The van der Waals surface area contributed by atoms with Crippen molar-refractivity contribution >= 4 is 66.3 Å². The van der Waals surface area contributed by atoms with Crippen LogP contribution in [0.15, 0.2) is 180 Å². The fraction of sp³-hybridized carbons (Fsp3) is 0.0909. The Morgan fingerprint density at radius 1 is 0.593 bits per heavy atom. The van der Waals surface area contributed by atoms with Crippen LogP contribution in [0, 0.1) is 0 Å². The maximum absolute atomic E-state index is 6.77. The van der Waals surface area contributed by atoms with Crippen LogP contribution in [0.3, 0.4) is 0 Å². The van der Waals surface area contributed by atoms with E-state index in [0.717, 1.165) is 51.8 Å². The Hall–Kier alpha value is -7.30. The largest absolute Gasteiger partial charge is 0.482 e. The maximum Gasteiger partial charge on any atom is 0.136 e. The Kier molecular flexibility index (Phi) is 6.72. The summed E-state index contributed by atoms with van der Waals surface area (Å²) in [6.07, 6.45) is 13.2. The molecule has 0 saturated carbocycles. The topological polar surface area (TPSA) is 32.2 Å². The molecular formula is C55H38N2O2. The first-order valence-electron chi connectivity index (χ1n) is 20.7. The molecule has 59 heavy (non-hydrogen) atoms. The van der Waals surface area contributed by atoms with E-state index >= 15 is 0 Å². The number of ether oxygens (including phenoxy) is 1. The highest BCUT2D eigenvalue weighted by Gasteiger charge is 2.44. The normalized spacial score (nSPS) is 18.1. The van der Waals surface area contributed by atoms with Gasteiger partial charge in [-0.25, -0.2) is 0 Å². The third-order valence-electron chi connectivity index (χ3n) is 13.1. The molecule has 0 N–H and O–H groups in total. The van der Waals surface area contributed by atoms with Gasteiger partial charge in [-0.15, -0.1) is 0 Å². The molecule has 1 aliphatic heterocycles. The van der Waals surface area contributed by atoms with Crippen molar-refractivity contribution in [1.82, 2.24) is 9.13 Å². The van der Waals surface area contributed by atoms with Crippen molar-refractivity contribution in [2.24, 2.45) is 0 Å². The van der Waals surface area contributed by atoms with Gasteiger partial charge in [0.15, 0.2) is 0 Å². The van der Waals surface area contributed by atoms with Crippen LogP contribution in [0.25, 0.3) is 94.2 Å². The van der Waals surface area contributed by atoms with Crippen molar-refractivity contribution in [2.75, 3.05) is 0 Å². The molecule has 2 unspecified atom stereocenters. The summed E-state index contributed by atoms with van der Waals surface area (Å²) in [6.45, 7) is 2.26. The molecule has 3 aromatic heterocycles. The molecular weight excluding hydrogens is 721 g/mol. The van der Waals surface area contributed by atoms with Crippen LogP contribution in [-0.4, -0.2) is 14.7 Å². The summed E-state index contributed by atoms with van der Waals surface area (Å²) in [5.41, 5.74) is 16.0. The van der Waals surface area contributed by atoms with Crippen LogP contribution in [-0.2, 0) is 6.42 Å². The number of allylic oxidation sites excluding steroid dienone is 4. The fourth-order valence-electron chi connectivity index (χ4n) is 10.5. The molecule has 3 aliphatic rings. The molecule has 2 atom stereocenters. The number of para-hydroxylation sites is 3. The van der Waals surface area contributed by atoms with Gasteiger partial charge in [0.1, 0.15) is 22.5 Å². The van der Waals surface area contributed by atoms with Crippen molar-refractivity contribution in [1.29, 1.82) is 0 Å². The lowest BCUT2D eigenvalue weighted by Gasteiger charge is -2.30. The Bertz CT molecular complexity index is 3500. The van der Waals surface area contributed by atoms with E-state index < -0.39 is 5.60 Å². The molecule has 0 radical (unpaired) electrons. The smallest absolute Gasteiger partial charge is 0.136 e. The summed E-state index contributed by atoms with van der Waals surface area (Å²) in [4.78, 5) is 0. The first kappa shape index (κ1) is 32.8. The summed E-state index contributed by atoms with van der Waals surface area (Å²) in [5, 5.41) is 6.03. The van der Waals surface area contributed by atoms with Crippen LogP contribution in [0.2, 0.25) is 0 Å². The number of aromatic nitrogens is 2. The SMILES string of the molecule is CC12Cc3c(n(C4C=CC=CC4)c4ccc(-c5cccc6oc7ccc(-c8ccc9c(c8)c8ccccc8n9-c8ccccc8)cc7c56)cc34)C=C1c1ccccc1O2. The lowest BCUT2D eigenvalue weighted by Crippen LogP contribution is -2.34. The first-order chi connectivity index (χ1) is 29.1. The van der Waals surface area contributed by atoms with E-state index in [1.54, 1.807) is 0 Å². The average Bonchev–Trinajstić information content (AvgIpc) is 4.00. The number of furan rings is 1. The minimum atomic E-state index is -0.426. The highest BCUT2D eigenvalue weighted by molar-refractivity contribution is 6.15. The molecule has 0 bridgehead atoms. The Morgan fingerprint density at radius 2 is 1.34 bits per heavy atom. The zero-order valence-corrected chi connectivity index (χ0v) is 32.5. The van der Waals surface area contributed by atoms with Gasteiger partial charge in [0, 0.05) is 61.4 Å². The second kappa shape index (κ2) is 12.1. The second-order valence-corrected chi connectivity index (χ2v) is 16.6. The van der Waals surface area contributed by atoms with Gasteiger partial charge in [-0.3, -0.25) is 0 Å². The minimum absolute atomic E-state index is 0.240. The number of benzene rings is 7. The minimum Gasteiger partial charge on any atom is -0.482 e. The molecule has 2 aliphatic carbocycles. The molecule has 4 nitrogen and oxygen atoms in total. The standard InChI is InChI=1S/C55H38N2O2/c1-55-33-45-43-31-36(24-27-49(43)57(38-15-6-3-7-16-38)50(45)32-46(55)41-18-9-11-21-52(41)59-55)39-19-12-22-53-54(39)44-30-35(25-28-51(44)58-53)34-23-26-48-42(29-34)40-17-8-10-20-47(40)56(48)37-13-4-2-5-14-37/h2-15,17-32,38H,16,33H2,1H3. The second-order valence-electron chi connectivity index (χ2n) is 16.6. The maximum atomic E-state index is 6.77. The number of fused-ring (bicyclic) bond motifs is 12. The van der Waals surface area contributed by atoms with Crippen LogP contribution in [0.5, 0.6) is 5.75 Å². The van der Waals surface area contributed by atoms with Gasteiger partial charge >= 0.3 is 0 Å². The van der Waals surface area contributed by atoms with E-state index in [-0.39, 0.29) is 6.04 Å². The van der Waals surface area contributed by atoms with E-state index in [0.29, 0.717) is 0 Å². The van der Waals surface area contributed by atoms with E-state index in [1.807, 2.05) is 0 Å². The van der Waals surface area contributed by atoms with Gasteiger partial charge in [0.2, 0.25) is 0 Å². The Balaban J connectivity index is 0.975. The Labute approximate surface area is 341 Å². The molecule has 4 heterocycles. The van der Waals surface area contributed by atoms with Crippen molar-refractivity contribution in [3.8, 4) is 33.7 Å². The molecule has 4 heteroatoms. The lowest BCUT2D eigenvalue weighted by molar-refractivity contribution is 0.167. The number of hydrogen-bond donors (Lipinski definition) is 0. The molecule has 10 aromatic rings. The van der Waals surface area contributed by atoms with Gasteiger partial charge in [-0.1, -0.05) is 109 Å². The predicted molar refractivity (Wildman–Crippen MR) is 243 cm³/mol. The number of rotatable bonds is 4. The van der Waals surface area contributed by atoms with Crippen LogP contribution < -0.4 is 4.74 Å². The highest BCUT2D eigenvalue weighted by Crippen LogP contribution is 2.52. The average molecular weight is 759 g/mol. The molecule has 0 spiro atoms. The number of hydrogen-bond acceptors (Lipinski definition) is 2. The van der Waals surface area contributed by atoms with Gasteiger partial charge in [0.25, 0.3) is 0 Å². The van der Waals surface area contributed by atoms with Gasteiger partial charge in [-0.2, -0.15) is 0 Å². The fourth-order valence-corrected chi connectivity index (χ4v) is 10.5. The van der Waals surface area contributed by atoms with Crippen molar-refractivity contribution in [2.45, 2.75) is 31.4 Å². The van der Waals surface area contributed by atoms with E-state index in [1.165, 1.54) is 71.8 Å². The molecule has 0 amide bonds. The summed E-state index contributed by atoms with van der Waals surface area (Å²) in [5.74, 6) is 0.972. The molecule has 280 valence electrons. The Morgan fingerprint density at radius 3 is 2.24 bits per heavy atom. The van der Waals surface area contributed by atoms with Crippen LogP contribution in [0.4, 0.5) is 0 Å². The summed E-state index contributed by atoms with van der Waals surface area (Å²) in [7, 11) is 0. The summed E-state index contributed by atoms with van der Waals surface area (Å²) < 4.78 is 18.3. The van der Waals surface area contributed by atoms with Gasteiger partial charge < -0.3 is 18.3 Å². The zero-order valence-electron chi connectivity index (χ0n) is 32.5. The van der Waals surface area contributed by atoms with Crippen molar-refractivity contribution in [3.05, 3.63) is 193 Å². The molecule has 13 rings (SSSR count). The van der Waals surface area contributed by atoms with Gasteiger partial charge in [-0.05, 0) is 114 Å². The lowest BCUT2D eigenvalue weighted by atomic mass is 9.81. The van der Waals surface area contributed by atoms with Crippen LogP contribution >= 0.6 is 0 Å². The molecule has 0 fully saturated rings. The van der Waals surface area contributed by atoms with E-state index in [9.17, 15) is 0 Å². The molecule has 7 aromatic carbocycles. The highest BCUT2D eigenvalue weighted by atomic mass is 16.5. The summed E-state index contributed by atoms with van der Waals surface area (Å²) >= 11 is 0. The van der Waals surface area contributed by atoms with E-state index in [4.69, 9.17) is 9.15 Å². The van der Waals surface area contributed by atoms with Crippen LogP contribution in [0.1, 0.15) is 36.2 Å². The third-order valence-corrected chi connectivity index (χ3v) is 13.1. The number of nitrogens with zero attached hydrogens (tertiary/aromatic N) is 2. The van der Waals surface area contributed by atoms with E-state index in [2.05, 4.69) is 198 Å². The first-order valence-corrected chi connectivity index (χ1v) is 20.7. The van der Waals surface area contributed by atoms with Gasteiger partial charge in [0.05, 0.1) is 17.1 Å². The zero-order chi connectivity index (χ0) is 38.8. The van der Waals surface area contributed by atoms with Crippen molar-refractivity contribution in [3.63, 3.8) is 0 Å². The quantitative estimate of drug-likeness (QED) is 0.179. The predicted octanol–water partition coefficient (Wildman–Crippen LogP) is 14.3.